The molecule has 0 aromatic heterocycles. The SMILES string of the molecule is Nc1ccc(CN2CCCC2)cc1Br. The van der Waals surface area contributed by atoms with Crippen LogP contribution in [0.3, 0.4) is 0 Å². The molecule has 2 N–H and O–H groups in total. The van der Waals surface area contributed by atoms with E-state index >= 15 is 0 Å². The first-order valence-corrected chi connectivity index (χ1v) is 5.81. The van der Waals surface area contributed by atoms with Gasteiger partial charge in [-0.25, -0.2) is 0 Å². The van der Waals surface area contributed by atoms with Crippen molar-refractivity contribution in [3.8, 4) is 0 Å². The van der Waals surface area contributed by atoms with Crippen LogP contribution in [0.5, 0.6) is 0 Å². The topological polar surface area (TPSA) is 29.3 Å². The van der Waals surface area contributed by atoms with E-state index in [1.54, 1.807) is 0 Å². The van der Waals surface area contributed by atoms with Crippen molar-refractivity contribution < 1.29 is 0 Å². The zero-order chi connectivity index (χ0) is 9.97. The quantitative estimate of drug-likeness (QED) is 0.823. The summed E-state index contributed by atoms with van der Waals surface area (Å²) in [6.07, 6.45) is 2.69. The summed E-state index contributed by atoms with van der Waals surface area (Å²) in [4.78, 5) is 2.48. The number of halogens is 1. The van der Waals surface area contributed by atoms with Gasteiger partial charge in [0, 0.05) is 16.7 Å². The first kappa shape index (κ1) is 9.99. The van der Waals surface area contributed by atoms with Gasteiger partial charge in [0.05, 0.1) is 0 Å². The zero-order valence-electron chi connectivity index (χ0n) is 8.17. The molecule has 2 nitrogen and oxygen atoms in total. The number of benzene rings is 1. The largest absolute Gasteiger partial charge is 0.398 e. The van der Waals surface area contributed by atoms with E-state index in [2.05, 4.69) is 33.0 Å². The normalized spacial score (nSPS) is 17.5. The predicted octanol–water partition coefficient (Wildman–Crippen LogP) is 2.63. The first-order chi connectivity index (χ1) is 6.75. The van der Waals surface area contributed by atoms with Gasteiger partial charge in [0.15, 0.2) is 0 Å². The lowest BCUT2D eigenvalue weighted by Gasteiger charge is -2.14. The molecule has 3 heteroatoms. The fourth-order valence-corrected chi connectivity index (χ4v) is 2.29. The van der Waals surface area contributed by atoms with E-state index in [1.807, 2.05) is 6.07 Å². The van der Waals surface area contributed by atoms with Gasteiger partial charge in [-0.15, -0.1) is 0 Å². The number of rotatable bonds is 2. The van der Waals surface area contributed by atoms with Crippen molar-refractivity contribution in [2.45, 2.75) is 19.4 Å². The number of likely N-dealkylation sites (tertiary alicyclic amines) is 1. The van der Waals surface area contributed by atoms with Crippen molar-refractivity contribution >= 4 is 21.6 Å². The van der Waals surface area contributed by atoms with Gasteiger partial charge in [0.1, 0.15) is 0 Å². The van der Waals surface area contributed by atoms with Gasteiger partial charge in [0.2, 0.25) is 0 Å². The third kappa shape index (κ3) is 2.28. The van der Waals surface area contributed by atoms with E-state index in [0.717, 1.165) is 16.7 Å². The van der Waals surface area contributed by atoms with Crippen molar-refractivity contribution in [2.24, 2.45) is 0 Å². The Morgan fingerprint density at radius 3 is 2.64 bits per heavy atom. The maximum atomic E-state index is 5.74. The van der Waals surface area contributed by atoms with E-state index in [9.17, 15) is 0 Å². The molecule has 0 radical (unpaired) electrons. The van der Waals surface area contributed by atoms with E-state index in [-0.39, 0.29) is 0 Å². The molecular formula is C11H15BrN2. The second-order valence-electron chi connectivity index (χ2n) is 3.84. The molecule has 1 aromatic rings. The third-order valence-electron chi connectivity index (χ3n) is 2.67. The fourth-order valence-electron chi connectivity index (χ4n) is 1.87. The maximum Gasteiger partial charge on any atom is 0.0458 e. The van der Waals surface area contributed by atoms with Crippen LogP contribution in [0.4, 0.5) is 5.69 Å². The van der Waals surface area contributed by atoms with Crippen LogP contribution in [0, 0.1) is 0 Å². The van der Waals surface area contributed by atoms with Gasteiger partial charge in [-0.1, -0.05) is 6.07 Å². The van der Waals surface area contributed by atoms with Crippen molar-refractivity contribution in [3.05, 3.63) is 28.2 Å². The van der Waals surface area contributed by atoms with E-state index in [4.69, 9.17) is 5.73 Å². The molecule has 0 amide bonds. The number of anilines is 1. The van der Waals surface area contributed by atoms with Crippen LogP contribution in [-0.4, -0.2) is 18.0 Å². The van der Waals surface area contributed by atoms with Crippen LogP contribution in [0.2, 0.25) is 0 Å². The van der Waals surface area contributed by atoms with Crippen LogP contribution in [-0.2, 0) is 6.54 Å². The molecule has 2 rings (SSSR count). The smallest absolute Gasteiger partial charge is 0.0458 e. The summed E-state index contributed by atoms with van der Waals surface area (Å²) in [5.41, 5.74) is 7.89. The van der Waals surface area contributed by atoms with Crippen LogP contribution < -0.4 is 5.73 Å². The van der Waals surface area contributed by atoms with Crippen molar-refractivity contribution in [1.82, 2.24) is 4.90 Å². The first-order valence-electron chi connectivity index (χ1n) is 5.02. The average Bonchev–Trinajstić information content (AvgIpc) is 2.64. The molecule has 1 fully saturated rings. The molecule has 0 spiro atoms. The molecule has 1 aliphatic heterocycles. The summed E-state index contributed by atoms with van der Waals surface area (Å²) in [6, 6.07) is 6.20. The molecule has 0 saturated carbocycles. The van der Waals surface area contributed by atoms with Crippen LogP contribution in [0.1, 0.15) is 18.4 Å². The van der Waals surface area contributed by atoms with Crippen molar-refractivity contribution in [3.63, 3.8) is 0 Å². The van der Waals surface area contributed by atoms with Crippen LogP contribution in [0.25, 0.3) is 0 Å². The average molecular weight is 255 g/mol. The molecular weight excluding hydrogens is 240 g/mol. The van der Waals surface area contributed by atoms with Gasteiger partial charge in [-0.2, -0.15) is 0 Å². The summed E-state index contributed by atoms with van der Waals surface area (Å²) < 4.78 is 1.01. The Kier molecular flexibility index (Phi) is 3.08. The highest BCUT2D eigenvalue weighted by atomic mass is 79.9. The molecule has 1 heterocycles. The lowest BCUT2D eigenvalue weighted by atomic mass is 10.2. The second kappa shape index (κ2) is 4.32. The predicted molar refractivity (Wildman–Crippen MR) is 63.1 cm³/mol. The van der Waals surface area contributed by atoms with Gasteiger partial charge in [-0.05, 0) is 59.6 Å². The minimum atomic E-state index is 0.815. The molecule has 1 aliphatic rings. The standard InChI is InChI=1S/C11H15BrN2/c12-10-7-9(3-4-11(10)13)8-14-5-1-2-6-14/h3-4,7H,1-2,5-6,8,13H2. The lowest BCUT2D eigenvalue weighted by molar-refractivity contribution is 0.331. The Labute approximate surface area is 93.2 Å². The summed E-state index contributed by atoms with van der Waals surface area (Å²) >= 11 is 3.45. The minimum Gasteiger partial charge on any atom is -0.398 e. The Morgan fingerprint density at radius 2 is 2.00 bits per heavy atom. The Morgan fingerprint density at radius 1 is 1.29 bits per heavy atom. The highest BCUT2D eigenvalue weighted by molar-refractivity contribution is 9.10. The van der Waals surface area contributed by atoms with Crippen LogP contribution >= 0.6 is 15.9 Å². The lowest BCUT2D eigenvalue weighted by Crippen LogP contribution is -2.18. The molecule has 0 atom stereocenters. The van der Waals surface area contributed by atoms with Crippen molar-refractivity contribution in [2.75, 3.05) is 18.8 Å². The molecule has 1 aromatic carbocycles. The van der Waals surface area contributed by atoms with E-state index in [0.29, 0.717) is 0 Å². The number of nitrogen functional groups attached to an aromatic ring is 1. The van der Waals surface area contributed by atoms with E-state index < -0.39 is 0 Å². The monoisotopic (exact) mass is 254 g/mol. The second-order valence-corrected chi connectivity index (χ2v) is 4.69. The molecule has 0 unspecified atom stereocenters. The maximum absolute atomic E-state index is 5.74. The summed E-state index contributed by atoms with van der Waals surface area (Å²) in [5.74, 6) is 0. The Hall–Kier alpha value is -0.540. The zero-order valence-corrected chi connectivity index (χ0v) is 9.76. The van der Waals surface area contributed by atoms with Gasteiger partial charge < -0.3 is 5.73 Å². The van der Waals surface area contributed by atoms with Gasteiger partial charge in [-0.3, -0.25) is 4.90 Å². The molecule has 0 bridgehead atoms. The number of hydrogen-bond donors (Lipinski definition) is 1. The minimum absolute atomic E-state index is 0.815. The molecule has 0 aliphatic carbocycles. The fraction of sp³-hybridized carbons (Fsp3) is 0.455. The van der Waals surface area contributed by atoms with Gasteiger partial charge in [0.25, 0.3) is 0 Å². The summed E-state index contributed by atoms with van der Waals surface area (Å²) in [7, 11) is 0. The Balaban J connectivity index is 2.05. The van der Waals surface area contributed by atoms with E-state index in [1.165, 1.54) is 31.5 Å². The molecule has 76 valence electrons. The van der Waals surface area contributed by atoms with Crippen molar-refractivity contribution in [1.29, 1.82) is 0 Å². The van der Waals surface area contributed by atoms with Crippen LogP contribution in [0.15, 0.2) is 22.7 Å². The summed E-state index contributed by atoms with van der Waals surface area (Å²) in [5, 5.41) is 0. The summed E-state index contributed by atoms with van der Waals surface area (Å²) in [6.45, 7) is 3.53. The number of hydrogen-bond acceptors (Lipinski definition) is 2. The highest BCUT2D eigenvalue weighted by Gasteiger charge is 2.11. The molecule has 14 heavy (non-hydrogen) atoms. The Bertz CT molecular complexity index is 319. The highest BCUT2D eigenvalue weighted by Crippen LogP contribution is 2.22. The molecule has 1 saturated heterocycles. The number of nitrogens with zero attached hydrogens (tertiary/aromatic N) is 1. The third-order valence-corrected chi connectivity index (χ3v) is 3.36. The number of nitrogens with two attached hydrogens (primary N) is 1. The van der Waals surface area contributed by atoms with Gasteiger partial charge >= 0.3 is 0 Å².